The molecule has 0 spiro atoms. The predicted octanol–water partition coefficient (Wildman–Crippen LogP) is 4.32. The number of ether oxygens (including phenoxy) is 3. The van der Waals surface area contributed by atoms with Crippen molar-refractivity contribution in [2.75, 3.05) is 6.61 Å². The van der Waals surface area contributed by atoms with E-state index in [2.05, 4.69) is 38.7 Å². The van der Waals surface area contributed by atoms with E-state index in [9.17, 15) is 9.90 Å². The smallest absolute Gasteiger partial charge is 0.341 e. The number of fused-ring (bicyclic) bond motifs is 7. The molecule has 4 fully saturated rings. The lowest BCUT2D eigenvalue weighted by molar-refractivity contribution is -0.235. The molecule has 5 heteroatoms. The van der Waals surface area contributed by atoms with E-state index in [1.165, 1.54) is 5.57 Å². The molecule has 1 saturated heterocycles. The summed E-state index contributed by atoms with van der Waals surface area (Å²) in [7, 11) is 0. The highest BCUT2D eigenvalue weighted by Crippen LogP contribution is 2.70. The fourth-order valence-electron chi connectivity index (χ4n) is 8.09. The number of allylic oxidation sites excluding steroid dienone is 5. The predicted molar refractivity (Wildman–Crippen MR) is 117 cm³/mol. The van der Waals surface area contributed by atoms with E-state index in [4.69, 9.17) is 14.2 Å². The lowest BCUT2D eigenvalue weighted by Crippen LogP contribution is -2.63. The lowest BCUT2D eigenvalue weighted by Gasteiger charge is -2.59. The van der Waals surface area contributed by atoms with Gasteiger partial charge < -0.3 is 19.3 Å². The van der Waals surface area contributed by atoms with Gasteiger partial charge in [-0.1, -0.05) is 44.2 Å². The molecule has 4 aliphatic carbocycles. The van der Waals surface area contributed by atoms with Crippen LogP contribution in [-0.4, -0.2) is 41.3 Å². The zero-order valence-electron chi connectivity index (χ0n) is 19.4. The Morgan fingerprint density at radius 1 is 1.32 bits per heavy atom. The summed E-state index contributed by atoms with van der Waals surface area (Å²) < 4.78 is 18.4. The second-order valence-corrected chi connectivity index (χ2v) is 11.2. The van der Waals surface area contributed by atoms with Crippen molar-refractivity contribution in [1.82, 2.24) is 0 Å². The fraction of sp³-hybridized carbons (Fsp3) is 0.731. The van der Waals surface area contributed by atoms with Crippen LogP contribution in [0.15, 0.2) is 36.0 Å². The Morgan fingerprint density at radius 2 is 2.06 bits per heavy atom. The first-order chi connectivity index (χ1) is 14.5. The topological polar surface area (TPSA) is 65.0 Å². The monoisotopic (exact) mass is 428 g/mol. The number of carbonyl (C=O) groups excluding carboxylic acids is 1. The molecule has 5 aliphatic rings. The van der Waals surface area contributed by atoms with Gasteiger partial charge in [0.15, 0.2) is 11.4 Å². The average molecular weight is 429 g/mol. The van der Waals surface area contributed by atoms with Gasteiger partial charge in [0.1, 0.15) is 6.10 Å². The van der Waals surface area contributed by atoms with Crippen LogP contribution in [0.25, 0.3) is 0 Å². The largest absolute Gasteiger partial charge is 0.464 e. The fourth-order valence-corrected chi connectivity index (χ4v) is 8.09. The number of esters is 1. The normalized spacial score (nSPS) is 49.5. The molecule has 0 radical (unpaired) electrons. The molecule has 8 atom stereocenters. The molecule has 1 heterocycles. The van der Waals surface area contributed by atoms with E-state index in [0.717, 1.165) is 24.8 Å². The van der Waals surface area contributed by atoms with Crippen LogP contribution < -0.4 is 0 Å². The summed E-state index contributed by atoms with van der Waals surface area (Å²) in [6.45, 7) is 14.4. The molecular weight excluding hydrogens is 392 g/mol. The molecule has 0 bridgehead atoms. The van der Waals surface area contributed by atoms with Crippen LogP contribution in [0.1, 0.15) is 60.3 Å². The van der Waals surface area contributed by atoms with E-state index >= 15 is 0 Å². The van der Waals surface area contributed by atoms with Gasteiger partial charge in [-0.3, -0.25) is 0 Å². The summed E-state index contributed by atoms with van der Waals surface area (Å²) in [6, 6.07) is 0. The Kier molecular flexibility index (Phi) is 4.53. The van der Waals surface area contributed by atoms with Gasteiger partial charge in [-0.05, 0) is 63.9 Å². The molecule has 0 amide bonds. The Morgan fingerprint density at radius 3 is 2.77 bits per heavy atom. The van der Waals surface area contributed by atoms with Crippen molar-refractivity contribution in [1.29, 1.82) is 0 Å². The van der Waals surface area contributed by atoms with Gasteiger partial charge in [-0.25, -0.2) is 4.79 Å². The number of rotatable bonds is 2. The zero-order valence-corrected chi connectivity index (χ0v) is 19.4. The van der Waals surface area contributed by atoms with Crippen LogP contribution in [0.5, 0.6) is 0 Å². The molecule has 170 valence electrons. The maximum atomic E-state index is 13.5. The first-order valence-corrected chi connectivity index (χ1v) is 11.8. The van der Waals surface area contributed by atoms with Crippen molar-refractivity contribution in [3.8, 4) is 0 Å². The van der Waals surface area contributed by atoms with Crippen molar-refractivity contribution in [3.05, 3.63) is 36.0 Å². The van der Waals surface area contributed by atoms with Gasteiger partial charge in [-0.15, -0.1) is 0 Å². The molecule has 3 saturated carbocycles. The number of hydrogen-bond donors (Lipinski definition) is 1. The van der Waals surface area contributed by atoms with Gasteiger partial charge in [-0.2, -0.15) is 0 Å². The van der Waals surface area contributed by atoms with Crippen molar-refractivity contribution >= 4 is 5.97 Å². The van der Waals surface area contributed by atoms with Crippen LogP contribution in [0.2, 0.25) is 0 Å². The molecule has 0 aromatic heterocycles. The zero-order chi connectivity index (χ0) is 22.4. The molecule has 1 aliphatic heterocycles. The summed E-state index contributed by atoms with van der Waals surface area (Å²) in [4.78, 5) is 13.5. The number of aliphatic hydroxyl groups excluding tert-OH is 1. The number of aliphatic hydroxyl groups is 1. The van der Waals surface area contributed by atoms with Crippen LogP contribution in [0.4, 0.5) is 0 Å². The van der Waals surface area contributed by atoms with Crippen molar-refractivity contribution in [2.24, 2.45) is 28.6 Å². The molecule has 31 heavy (non-hydrogen) atoms. The van der Waals surface area contributed by atoms with Crippen molar-refractivity contribution in [3.63, 3.8) is 0 Å². The minimum absolute atomic E-state index is 0.112. The molecule has 0 aromatic rings. The third-order valence-corrected chi connectivity index (χ3v) is 9.16. The highest BCUT2D eigenvalue weighted by Gasteiger charge is 2.78. The Hall–Kier alpha value is -1.43. The van der Waals surface area contributed by atoms with Gasteiger partial charge in [0.2, 0.25) is 0 Å². The molecule has 1 N–H and O–H groups in total. The summed E-state index contributed by atoms with van der Waals surface area (Å²) in [5.74, 6) is -0.560. The minimum Gasteiger partial charge on any atom is -0.464 e. The standard InChI is InChI=1S/C26H36O5/c1-7-29-22(28)26-20(30-23(3,4)31-26)13-18-17-9-8-16-12-15(2)10-11-24(16,5)21(17)19(27)14-25(18,26)6/h10-12,17-21,27H,2,7-9,13-14H2,1,3-6H3/t17?,18?,19-,20+,21?,24-,25-,26-/m0/s1. The first kappa shape index (κ1) is 21.4. The van der Waals surface area contributed by atoms with Gasteiger partial charge in [0.25, 0.3) is 0 Å². The lowest BCUT2D eigenvalue weighted by atomic mass is 9.46. The molecule has 0 aromatic carbocycles. The van der Waals surface area contributed by atoms with Gasteiger partial charge >= 0.3 is 5.97 Å². The Balaban J connectivity index is 1.58. The summed E-state index contributed by atoms with van der Waals surface area (Å²) >= 11 is 0. The number of hydrogen-bond acceptors (Lipinski definition) is 5. The summed E-state index contributed by atoms with van der Waals surface area (Å²) in [5.41, 5.74) is 0.507. The Labute approximate surface area is 185 Å². The van der Waals surface area contributed by atoms with Crippen molar-refractivity contribution < 1.29 is 24.1 Å². The van der Waals surface area contributed by atoms with E-state index < -0.39 is 22.9 Å². The number of carbonyl (C=O) groups is 1. The summed E-state index contributed by atoms with van der Waals surface area (Å²) in [6.07, 6.45) is 8.91. The molecule has 3 unspecified atom stereocenters. The first-order valence-electron chi connectivity index (χ1n) is 11.8. The third kappa shape index (κ3) is 2.63. The highest BCUT2D eigenvalue weighted by atomic mass is 16.8. The SMILES string of the molecule is C=C1C=C[C@@]2(C)C(=C1)CCC1C2[C@@H](O)C[C@@]2(C)C1C[C@H]1OC(C)(C)O[C@]12C(=O)OCC. The van der Waals surface area contributed by atoms with Crippen LogP contribution in [0, 0.1) is 28.6 Å². The second kappa shape index (κ2) is 6.55. The van der Waals surface area contributed by atoms with E-state index in [0.29, 0.717) is 18.9 Å². The quantitative estimate of drug-likeness (QED) is 0.664. The van der Waals surface area contributed by atoms with Gasteiger partial charge in [0.05, 0.1) is 12.7 Å². The van der Waals surface area contributed by atoms with E-state index in [1.807, 2.05) is 20.8 Å². The maximum absolute atomic E-state index is 13.5. The van der Waals surface area contributed by atoms with E-state index in [1.54, 1.807) is 0 Å². The molecular formula is C26H36O5. The molecule has 5 nitrogen and oxygen atoms in total. The van der Waals surface area contributed by atoms with Crippen LogP contribution in [0.3, 0.4) is 0 Å². The summed E-state index contributed by atoms with van der Waals surface area (Å²) in [5, 5.41) is 11.6. The minimum atomic E-state index is -1.17. The van der Waals surface area contributed by atoms with Crippen LogP contribution in [-0.2, 0) is 19.0 Å². The van der Waals surface area contributed by atoms with Gasteiger partial charge in [0, 0.05) is 16.7 Å². The Bertz CT molecular complexity index is 886. The molecule has 5 rings (SSSR count). The second-order valence-electron chi connectivity index (χ2n) is 11.2. The third-order valence-electron chi connectivity index (χ3n) is 9.16. The van der Waals surface area contributed by atoms with E-state index in [-0.39, 0.29) is 29.3 Å². The average Bonchev–Trinajstić information content (AvgIpc) is 3.08. The van der Waals surface area contributed by atoms with Crippen molar-refractivity contribution in [2.45, 2.75) is 83.9 Å². The maximum Gasteiger partial charge on any atom is 0.341 e. The van der Waals surface area contributed by atoms with Crippen LogP contribution >= 0.6 is 0 Å². The highest BCUT2D eigenvalue weighted by molar-refractivity contribution is 5.83.